The van der Waals surface area contributed by atoms with Crippen LogP contribution in [0.15, 0.2) is 35.3 Å². The Kier molecular flexibility index (Phi) is 4.15. The number of aromatic nitrogens is 3. The summed E-state index contributed by atoms with van der Waals surface area (Å²) >= 11 is 3.32. The highest BCUT2D eigenvalue weighted by Crippen LogP contribution is 2.21. The van der Waals surface area contributed by atoms with Crippen molar-refractivity contribution in [3.05, 3.63) is 51.6 Å². The van der Waals surface area contributed by atoms with Gasteiger partial charge >= 0.3 is 0 Å². The summed E-state index contributed by atoms with van der Waals surface area (Å²) in [5.74, 6) is 0. The Bertz CT molecular complexity index is 675. The zero-order valence-electron chi connectivity index (χ0n) is 11.0. The van der Waals surface area contributed by atoms with Crippen LogP contribution >= 0.6 is 22.7 Å². The van der Waals surface area contributed by atoms with Gasteiger partial charge in [0, 0.05) is 29.5 Å². The first-order valence-corrected chi connectivity index (χ1v) is 8.04. The predicted molar refractivity (Wildman–Crippen MR) is 82.7 cm³/mol. The molecule has 3 aromatic rings. The van der Waals surface area contributed by atoms with Gasteiger partial charge in [-0.3, -0.25) is 4.98 Å². The van der Waals surface area contributed by atoms with Crippen LogP contribution in [0.2, 0.25) is 0 Å². The van der Waals surface area contributed by atoms with Gasteiger partial charge in [0.2, 0.25) is 0 Å². The zero-order chi connectivity index (χ0) is 13.8. The van der Waals surface area contributed by atoms with Crippen LogP contribution < -0.4 is 5.32 Å². The molecule has 20 heavy (non-hydrogen) atoms. The van der Waals surface area contributed by atoms with Gasteiger partial charge in [0.25, 0.3) is 0 Å². The summed E-state index contributed by atoms with van der Waals surface area (Å²) in [4.78, 5) is 14.4. The van der Waals surface area contributed by atoms with Gasteiger partial charge in [-0.25, -0.2) is 9.97 Å². The van der Waals surface area contributed by atoms with Crippen LogP contribution in [-0.2, 0) is 13.1 Å². The number of nitrogens with one attached hydrogen (secondary N) is 1. The minimum absolute atomic E-state index is 0.765. The Morgan fingerprint density at radius 1 is 1.15 bits per heavy atom. The molecule has 0 saturated heterocycles. The zero-order valence-corrected chi connectivity index (χ0v) is 12.7. The van der Waals surface area contributed by atoms with E-state index in [-0.39, 0.29) is 0 Å². The minimum atomic E-state index is 0.765. The van der Waals surface area contributed by atoms with Gasteiger partial charge in [-0.2, -0.15) is 0 Å². The molecule has 3 aromatic heterocycles. The molecule has 0 atom stereocenters. The number of hydrogen-bond acceptors (Lipinski definition) is 6. The maximum absolute atomic E-state index is 4.60. The van der Waals surface area contributed by atoms with Crippen molar-refractivity contribution >= 4 is 22.7 Å². The Labute approximate surface area is 125 Å². The summed E-state index contributed by atoms with van der Waals surface area (Å²) in [6, 6.07) is 5.88. The van der Waals surface area contributed by atoms with Crippen LogP contribution in [0.3, 0.4) is 0 Å². The molecule has 0 saturated carbocycles. The Morgan fingerprint density at radius 3 is 2.85 bits per heavy atom. The van der Waals surface area contributed by atoms with E-state index < -0.39 is 0 Å². The second-order valence-electron chi connectivity index (χ2n) is 4.32. The van der Waals surface area contributed by atoms with Crippen LogP contribution in [0.1, 0.15) is 16.3 Å². The summed E-state index contributed by atoms with van der Waals surface area (Å²) in [5.41, 5.74) is 4.98. The quantitative estimate of drug-likeness (QED) is 0.786. The SMILES string of the molecule is Cc1ncsc1CNCc1csc(-c2ccccn2)n1. The van der Waals surface area contributed by atoms with E-state index in [4.69, 9.17) is 0 Å². The molecule has 6 heteroatoms. The highest BCUT2D eigenvalue weighted by atomic mass is 32.1. The molecular weight excluding hydrogens is 288 g/mol. The number of rotatable bonds is 5. The fourth-order valence-corrected chi connectivity index (χ4v) is 3.34. The first kappa shape index (κ1) is 13.4. The molecule has 0 aromatic carbocycles. The molecule has 102 valence electrons. The van der Waals surface area contributed by atoms with Crippen molar-refractivity contribution in [2.75, 3.05) is 0 Å². The molecule has 0 aliphatic heterocycles. The molecule has 0 aliphatic carbocycles. The predicted octanol–water partition coefficient (Wildman–Crippen LogP) is 3.26. The Balaban J connectivity index is 1.59. The smallest absolute Gasteiger partial charge is 0.142 e. The van der Waals surface area contributed by atoms with E-state index >= 15 is 0 Å². The molecule has 1 N–H and O–H groups in total. The largest absolute Gasteiger partial charge is 0.306 e. The van der Waals surface area contributed by atoms with Crippen molar-refractivity contribution in [3.8, 4) is 10.7 Å². The van der Waals surface area contributed by atoms with E-state index in [1.165, 1.54) is 4.88 Å². The molecule has 0 aliphatic rings. The fraction of sp³-hybridized carbons (Fsp3) is 0.214. The summed E-state index contributed by atoms with van der Waals surface area (Å²) in [6.07, 6.45) is 1.79. The lowest BCUT2D eigenvalue weighted by molar-refractivity contribution is 0.686. The molecule has 0 radical (unpaired) electrons. The fourth-order valence-electron chi connectivity index (χ4n) is 1.80. The number of aryl methyl sites for hydroxylation is 1. The number of hydrogen-bond donors (Lipinski definition) is 1. The highest BCUT2D eigenvalue weighted by molar-refractivity contribution is 7.13. The maximum Gasteiger partial charge on any atom is 0.142 e. The minimum Gasteiger partial charge on any atom is -0.306 e. The van der Waals surface area contributed by atoms with E-state index in [1.807, 2.05) is 30.6 Å². The van der Waals surface area contributed by atoms with Gasteiger partial charge in [-0.15, -0.1) is 22.7 Å². The third-order valence-corrected chi connectivity index (χ3v) is 4.72. The molecule has 0 bridgehead atoms. The van der Waals surface area contributed by atoms with Crippen LogP contribution in [-0.4, -0.2) is 15.0 Å². The van der Waals surface area contributed by atoms with E-state index in [0.717, 1.165) is 35.2 Å². The van der Waals surface area contributed by atoms with E-state index in [0.29, 0.717) is 0 Å². The van der Waals surface area contributed by atoms with Gasteiger partial charge in [-0.05, 0) is 19.1 Å². The van der Waals surface area contributed by atoms with Crippen molar-refractivity contribution in [3.63, 3.8) is 0 Å². The number of nitrogens with zero attached hydrogens (tertiary/aromatic N) is 3. The lowest BCUT2D eigenvalue weighted by Crippen LogP contribution is -2.12. The first-order valence-electron chi connectivity index (χ1n) is 6.28. The van der Waals surface area contributed by atoms with Gasteiger partial charge in [0.15, 0.2) is 0 Å². The molecule has 0 amide bonds. The lowest BCUT2D eigenvalue weighted by atomic mass is 10.3. The summed E-state index contributed by atoms with van der Waals surface area (Å²) in [7, 11) is 0. The van der Waals surface area contributed by atoms with Crippen molar-refractivity contribution < 1.29 is 0 Å². The Morgan fingerprint density at radius 2 is 2.10 bits per heavy atom. The van der Waals surface area contributed by atoms with Crippen molar-refractivity contribution in [2.24, 2.45) is 0 Å². The first-order chi connectivity index (χ1) is 9.83. The summed E-state index contributed by atoms with van der Waals surface area (Å²) < 4.78 is 0. The van der Waals surface area contributed by atoms with Crippen LogP contribution in [0.4, 0.5) is 0 Å². The lowest BCUT2D eigenvalue weighted by Gasteiger charge is -2.00. The standard InChI is InChI=1S/C14H14N4S2/c1-10-13(20-9-17-10)7-15-6-11-8-19-14(18-11)12-4-2-3-5-16-12/h2-5,8-9,15H,6-7H2,1H3. The second-order valence-corrected chi connectivity index (χ2v) is 6.12. The second kappa shape index (κ2) is 6.21. The van der Waals surface area contributed by atoms with Crippen LogP contribution in [0.5, 0.6) is 0 Å². The topological polar surface area (TPSA) is 50.7 Å². The van der Waals surface area contributed by atoms with Crippen molar-refractivity contribution in [2.45, 2.75) is 20.0 Å². The van der Waals surface area contributed by atoms with E-state index in [2.05, 4.69) is 25.6 Å². The van der Waals surface area contributed by atoms with Crippen LogP contribution in [0, 0.1) is 6.92 Å². The summed E-state index contributed by atoms with van der Waals surface area (Å²) in [5, 5.41) is 6.45. The van der Waals surface area contributed by atoms with Crippen molar-refractivity contribution in [1.29, 1.82) is 0 Å². The van der Waals surface area contributed by atoms with Gasteiger partial charge in [-0.1, -0.05) is 6.07 Å². The highest BCUT2D eigenvalue weighted by Gasteiger charge is 2.06. The van der Waals surface area contributed by atoms with Crippen LogP contribution in [0.25, 0.3) is 10.7 Å². The third kappa shape index (κ3) is 3.09. The monoisotopic (exact) mass is 302 g/mol. The molecule has 0 spiro atoms. The molecule has 0 fully saturated rings. The maximum atomic E-state index is 4.60. The summed E-state index contributed by atoms with van der Waals surface area (Å²) in [6.45, 7) is 3.64. The molecule has 3 heterocycles. The molecule has 3 rings (SSSR count). The number of pyridine rings is 1. The Hall–Kier alpha value is -1.63. The average Bonchev–Trinajstić information content (AvgIpc) is 3.10. The third-order valence-electron chi connectivity index (χ3n) is 2.87. The average molecular weight is 302 g/mol. The molecular formula is C14H14N4S2. The molecule has 0 unspecified atom stereocenters. The number of thiazole rings is 2. The van der Waals surface area contributed by atoms with Gasteiger partial charge in [0.05, 0.1) is 22.6 Å². The van der Waals surface area contributed by atoms with E-state index in [1.54, 1.807) is 28.9 Å². The van der Waals surface area contributed by atoms with Crippen molar-refractivity contribution in [1.82, 2.24) is 20.3 Å². The van der Waals surface area contributed by atoms with Gasteiger partial charge in [0.1, 0.15) is 5.01 Å². The molecule has 4 nitrogen and oxygen atoms in total. The van der Waals surface area contributed by atoms with Gasteiger partial charge < -0.3 is 5.32 Å². The van der Waals surface area contributed by atoms with E-state index in [9.17, 15) is 0 Å². The normalized spacial score (nSPS) is 10.8.